The van der Waals surface area contributed by atoms with E-state index in [2.05, 4.69) is 35.7 Å². The van der Waals surface area contributed by atoms with E-state index in [1.807, 2.05) is 0 Å². The van der Waals surface area contributed by atoms with Crippen LogP contribution in [0.2, 0.25) is 5.02 Å². The smallest absolute Gasteiger partial charge is 0.435 e. The van der Waals surface area contributed by atoms with Crippen molar-refractivity contribution in [2.45, 2.75) is 19.0 Å². The monoisotopic (exact) mass is 837 g/mol. The molecule has 21 heteroatoms. The van der Waals surface area contributed by atoms with Crippen LogP contribution in [0, 0.1) is 11.8 Å². The number of amides is 3. The Labute approximate surface area is 339 Å². The first-order valence-electron chi connectivity index (χ1n) is 19.1. The van der Waals surface area contributed by atoms with Gasteiger partial charge in [-0.1, -0.05) is 11.6 Å². The number of anilines is 1. The molecule has 0 bridgehead atoms. The van der Waals surface area contributed by atoms with Crippen molar-refractivity contribution in [3.8, 4) is 17.1 Å². The number of carboxylic acid groups (broad SMARTS) is 1. The molecule has 17 nitrogen and oxygen atoms in total. The number of pyridine rings is 1. The minimum absolute atomic E-state index is 0.0247. The number of nitrogens with one attached hydrogen (secondary N) is 3. The highest BCUT2D eigenvalue weighted by atomic mass is 35.5. The van der Waals surface area contributed by atoms with Crippen molar-refractivity contribution in [2.75, 3.05) is 70.8 Å². The second-order valence-corrected chi connectivity index (χ2v) is 15.8. The molecular formula is C38H41ClF3N12O5+. The van der Waals surface area contributed by atoms with Gasteiger partial charge in [-0.05, 0) is 30.3 Å². The van der Waals surface area contributed by atoms with Gasteiger partial charge in [0.15, 0.2) is 29.5 Å². The largest absolute Gasteiger partial charge is 0.477 e. The first-order valence-corrected chi connectivity index (χ1v) is 19.5. The molecule has 59 heavy (non-hydrogen) atoms. The van der Waals surface area contributed by atoms with Crippen LogP contribution in [0.1, 0.15) is 39.5 Å². The van der Waals surface area contributed by atoms with Gasteiger partial charge in [-0.25, -0.2) is 24.4 Å². The number of hydrogen-bond donors (Lipinski definition) is 4. The maximum Gasteiger partial charge on any atom is 0.435 e. The third-order valence-electron chi connectivity index (χ3n) is 11.5. The maximum absolute atomic E-state index is 14.2. The van der Waals surface area contributed by atoms with Crippen molar-refractivity contribution in [3.05, 3.63) is 71.2 Å². The van der Waals surface area contributed by atoms with Gasteiger partial charge in [0.2, 0.25) is 5.91 Å². The van der Waals surface area contributed by atoms with E-state index >= 15 is 0 Å². The predicted molar refractivity (Wildman–Crippen MR) is 207 cm³/mol. The first-order chi connectivity index (χ1) is 28.2. The van der Waals surface area contributed by atoms with E-state index in [9.17, 15) is 37.5 Å². The molecule has 1 aromatic carbocycles. The van der Waals surface area contributed by atoms with E-state index < -0.39 is 23.7 Å². The number of imidazole rings is 2. The second-order valence-electron chi connectivity index (χ2n) is 15.4. The number of halogens is 4. The Balaban J connectivity index is 0.883. The van der Waals surface area contributed by atoms with Gasteiger partial charge < -0.3 is 39.6 Å². The number of aromatic nitrogens is 7. The fraction of sp³-hybridized carbons (Fsp3) is 0.421. The summed E-state index contributed by atoms with van der Waals surface area (Å²) in [6, 6.07) is 7.48. The number of carboxylic acids is 1. The summed E-state index contributed by atoms with van der Waals surface area (Å²) >= 11 is 6.55. The number of benzene rings is 1. The Morgan fingerprint density at radius 1 is 1.02 bits per heavy atom. The van der Waals surface area contributed by atoms with Gasteiger partial charge in [-0.3, -0.25) is 14.4 Å². The summed E-state index contributed by atoms with van der Waals surface area (Å²) in [6.07, 6.45) is 0.132. The number of likely N-dealkylation sites (tertiary alicyclic amines) is 1. The molecule has 3 fully saturated rings. The van der Waals surface area contributed by atoms with Crippen LogP contribution in [0.3, 0.4) is 0 Å². The predicted octanol–water partition coefficient (Wildman–Crippen LogP) is 3.28. The van der Waals surface area contributed by atoms with Crippen LogP contribution >= 0.6 is 11.6 Å². The summed E-state index contributed by atoms with van der Waals surface area (Å²) in [4.78, 5) is 70.8. The molecule has 5 aromatic rings. The van der Waals surface area contributed by atoms with E-state index in [1.165, 1.54) is 42.2 Å². The Morgan fingerprint density at radius 3 is 2.41 bits per heavy atom. The number of alkyl halides is 3. The summed E-state index contributed by atoms with van der Waals surface area (Å²) in [7, 11) is 1.40. The molecule has 8 rings (SSSR count). The number of carbonyl (C=O) groups excluding carboxylic acids is 3. The standard InChI is InChI=1S/C38H40ClF3N12O5/c1-50-29(26-18-53(49-32(26)38(40,41)42)30-5-4-28-33(48-30)46-21-45-28)17-44-34(50)35(57)47-24-2-3-25(27(39)14-24)37(59)52-10-8-51(9-11-52)36(58)23-6-12-54(13-7-23,20-31(55)56)19-22-15-43-16-22/h2-5,14,17-18,21-23,43H,6-13,15-16,19-20H2,1H3,(H2-,45,46,47,48,55,56,57,59)/p+1. The Hall–Kier alpha value is -5.86. The quantitative estimate of drug-likeness (QED) is 0.152. The number of aromatic amines is 1. The number of fused-ring (bicyclic) bond motifs is 1. The van der Waals surface area contributed by atoms with E-state index in [0.717, 1.165) is 36.7 Å². The number of rotatable bonds is 10. The molecule has 3 aliphatic heterocycles. The summed E-state index contributed by atoms with van der Waals surface area (Å²) in [5.74, 6) is -1.69. The van der Waals surface area contributed by atoms with Crippen LogP contribution in [-0.2, 0) is 22.8 Å². The van der Waals surface area contributed by atoms with E-state index in [-0.39, 0.29) is 63.5 Å². The maximum atomic E-state index is 14.2. The van der Waals surface area contributed by atoms with Gasteiger partial charge in [-0.15, -0.1) is 0 Å². The Kier molecular flexibility index (Phi) is 10.6. The van der Waals surface area contributed by atoms with Crippen LogP contribution in [0.5, 0.6) is 0 Å². The third kappa shape index (κ3) is 8.11. The van der Waals surface area contributed by atoms with Crippen molar-refractivity contribution in [1.82, 2.24) is 49.4 Å². The van der Waals surface area contributed by atoms with Gasteiger partial charge in [0.25, 0.3) is 11.8 Å². The Bertz CT molecular complexity index is 2430. The van der Waals surface area contributed by atoms with Crippen molar-refractivity contribution >= 4 is 52.1 Å². The molecule has 4 aromatic heterocycles. The van der Waals surface area contributed by atoms with Gasteiger partial charge in [0.1, 0.15) is 0 Å². The van der Waals surface area contributed by atoms with E-state index in [0.29, 0.717) is 73.7 Å². The average molecular weight is 838 g/mol. The number of piperazine rings is 1. The SMILES string of the molecule is Cn1c(-c2cn(-c3ccc4[nH]cnc4n3)nc2C(F)(F)F)cnc1C(=O)Nc1ccc(C(=O)N2CCN(C(=O)C3CC[N+](CC(=O)O)(CC4CNC4)CC3)CC2)c(Cl)c1. The van der Waals surface area contributed by atoms with Crippen molar-refractivity contribution in [2.24, 2.45) is 18.9 Å². The van der Waals surface area contributed by atoms with Gasteiger partial charge in [0.05, 0.1) is 59.5 Å². The summed E-state index contributed by atoms with van der Waals surface area (Å²) in [5.41, 5.74) is -0.224. The number of piperidine rings is 1. The summed E-state index contributed by atoms with van der Waals surface area (Å²) in [6.45, 7) is 5.24. The molecule has 3 aliphatic rings. The topological polar surface area (TPSA) is 196 Å². The molecule has 3 saturated heterocycles. The molecule has 0 aliphatic carbocycles. The molecule has 3 amide bonds. The summed E-state index contributed by atoms with van der Waals surface area (Å²) in [5, 5.41) is 19.3. The molecule has 0 radical (unpaired) electrons. The van der Waals surface area contributed by atoms with Crippen LogP contribution in [0.4, 0.5) is 18.9 Å². The Morgan fingerprint density at radius 2 is 1.75 bits per heavy atom. The molecular weight excluding hydrogens is 797 g/mol. The van der Waals surface area contributed by atoms with Crippen LogP contribution in [0.15, 0.2) is 49.1 Å². The molecule has 0 atom stereocenters. The highest BCUT2D eigenvalue weighted by molar-refractivity contribution is 6.34. The molecule has 0 unspecified atom stereocenters. The molecule has 310 valence electrons. The zero-order valence-corrected chi connectivity index (χ0v) is 32.6. The number of carbonyl (C=O) groups is 4. The highest BCUT2D eigenvalue weighted by Crippen LogP contribution is 2.37. The van der Waals surface area contributed by atoms with Crippen molar-refractivity contribution < 1.29 is 41.9 Å². The lowest BCUT2D eigenvalue weighted by Gasteiger charge is -2.46. The number of aliphatic carboxylic acids is 1. The molecule has 4 N–H and O–H groups in total. The minimum Gasteiger partial charge on any atom is -0.477 e. The molecule has 0 spiro atoms. The fourth-order valence-electron chi connectivity index (χ4n) is 8.29. The van der Waals surface area contributed by atoms with Gasteiger partial charge >= 0.3 is 12.1 Å². The van der Waals surface area contributed by atoms with E-state index in [1.54, 1.807) is 15.9 Å². The summed E-state index contributed by atoms with van der Waals surface area (Å²) < 4.78 is 45.4. The lowest BCUT2D eigenvalue weighted by atomic mass is 9.90. The minimum atomic E-state index is -4.84. The van der Waals surface area contributed by atoms with Crippen LogP contribution in [-0.4, -0.2) is 143 Å². The number of nitrogens with zero attached hydrogens (tertiary/aromatic N) is 9. The lowest BCUT2D eigenvalue weighted by Crippen LogP contribution is -2.62. The van der Waals surface area contributed by atoms with Crippen molar-refractivity contribution in [1.29, 1.82) is 0 Å². The number of H-pyrrole nitrogens is 1. The number of hydrogen-bond acceptors (Lipinski definition) is 9. The van der Waals surface area contributed by atoms with Crippen molar-refractivity contribution in [3.63, 3.8) is 0 Å². The zero-order valence-electron chi connectivity index (χ0n) is 31.9. The zero-order chi connectivity index (χ0) is 41.6. The number of quaternary nitrogens is 1. The highest BCUT2D eigenvalue weighted by Gasteiger charge is 2.42. The fourth-order valence-corrected chi connectivity index (χ4v) is 8.55. The molecule has 0 saturated carbocycles. The second kappa shape index (κ2) is 15.7. The average Bonchev–Trinajstić information content (AvgIpc) is 3.94. The van der Waals surface area contributed by atoms with Gasteiger partial charge in [0, 0.05) is 82.9 Å². The third-order valence-corrected chi connectivity index (χ3v) is 11.8. The van der Waals surface area contributed by atoms with Gasteiger partial charge in [-0.2, -0.15) is 18.3 Å². The normalized spacial score (nSPS) is 20.1. The van der Waals surface area contributed by atoms with E-state index in [4.69, 9.17) is 11.6 Å². The first kappa shape index (κ1) is 39.9. The molecule has 7 heterocycles. The van der Waals surface area contributed by atoms with Crippen LogP contribution in [0.25, 0.3) is 28.2 Å². The van der Waals surface area contributed by atoms with Crippen LogP contribution < -0.4 is 10.6 Å². The lowest BCUT2D eigenvalue weighted by molar-refractivity contribution is -0.929.